The van der Waals surface area contributed by atoms with Crippen molar-refractivity contribution in [2.45, 2.75) is 100.0 Å². The van der Waals surface area contributed by atoms with E-state index >= 15 is 0 Å². The van der Waals surface area contributed by atoms with Crippen LogP contribution in [0.15, 0.2) is 9.98 Å². The lowest BCUT2D eigenvalue weighted by molar-refractivity contribution is -0.121. The van der Waals surface area contributed by atoms with Gasteiger partial charge in [0.25, 0.3) is 0 Å². The van der Waals surface area contributed by atoms with Gasteiger partial charge in [-0.05, 0) is 31.1 Å². The van der Waals surface area contributed by atoms with Crippen LogP contribution < -0.4 is 5.32 Å². The molecular weight excluding hydrogens is 418 g/mol. The molecule has 0 aromatic heterocycles. The Labute approximate surface area is 191 Å². The smallest absolute Gasteiger partial charge is 0.234 e. The van der Waals surface area contributed by atoms with Gasteiger partial charge in [-0.3, -0.25) is 9.79 Å². The monoisotopic (exact) mass is 459 g/mol. The SMILES string of the molecule is CCCCCCCCC(SCCCCCC)C(=O)NC1(SC)C=NC=NC1SC. The third-order valence-electron chi connectivity index (χ3n) is 5.21. The molecule has 1 N–H and O–H groups in total. The molecule has 1 rings (SSSR count). The Hall–Kier alpha value is -0.140. The first-order valence-electron chi connectivity index (χ1n) is 11.2. The number of nitrogens with one attached hydrogen (secondary N) is 1. The number of amides is 1. The van der Waals surface area contributed by atoms with Crippen molar-refractivity contribution < 1.29 is 4.79 Å². The highest BCUT2D eigenvalue weighted by Gasteiger charge is 2.40. The average molecular weight is 460 g/mol. The number of rotatable bonds is 17. The van der Waals surface area contributed by atoms with Gasteiger partial charge in [-0.15, -0.1) is 35.3 Å². The Morgan fingerprint density at radius 3 is 2.34 bits per heavy atom. The van der Waals surface area contributed by atoms with E-state index in [1.807, 2.05) is 30.5 Å². The summed E-state index contributed by atoms with van der Waals surface area (Å²) in [7, 11) is 0. The van der Waals surface area contributed by atoms with Crippen LogP contribution in [0.2, 0.25) is 0 Å². The summed E-state index contributed by atoms with van der Waals surface area (Å²) < 4.78 is 0. The zero-order valence-corrected chi connectivity index (χ0v) is 21.3. The van der Waals surface area contributed by atoms with Crippen LogP contribution in [0.5, 0.6) is 0 Å². The van der Waals surface area contributed by atoms with E-state index in [9.17, 15) is 4.79 Å². The van der Waals surface area contributed by atoms with Crippen LogP contribution in [0, 0.1) is 0 Å². The molecule has 29 heavy (non-hydrogen) atoms. The summed E-state index contributed by atoms with van der Waals surface area (Å²) in [6.45, 7) is 4.48. The number of thioether (sulfide) groups is 3. The Kier molecular flexibility index (Phi) is 15.3. The van der Waals surface area contributed by atoms with Crippen molar-refractivity contribution in [1.82, 2.24) is 5.32 Å². The molecule has 0 saturated heterocycles. The van der Waals surface area contributed by atoms with Crippen molar-refractivity contribution in [1.29, 1.82) is 0 Å². The van der Waals surface area contributed by atoms with E-state index in [4.69, 9.17) is 0 Å². The van der Waals surface area contributed by atoms with E-state index in [1.165, 1.54) is 57.8 Å². The zero-order valence-electron chi connectivity index (χ0n) is 18.8. The molecule has 1 aliphatic rings. The van der Waals surface area contributed by atoms with Crippen molar-refractivity contribution >= 4 is 53.7 Å². The number of unbranched alkanes of at least 4 members (excludes halogenated alkanes) is 8. The molecule has 3 atom stereocenters. The van der Waals surface area contributed by atoms with Gasteiger partial charge in [-0.25, -0.2) is 4.99 Å². The van der Waals surface area contributed by atoms with Crippen LogP contribution >= 0.6 is 35.3 Å². The third-order valence-corrected chi connectivity index (χ3v) is 8.78. The van der Waals surface area contributed by atoms with Gasteiger partial charge in [-0.2, -0.15) is 0 Å². The number of aliphatic imine (C=N–C) groups is 2. The molecular formula is C22H41N3OS3. The van der Waals surface area contributed by atoms with Crippen LogP contribution in [-0.2, 0) is 4.79 Å². The van der Waals surface area contributed by atoms with Crippen molar-refractivity contribution in [3.8, 4) is 0 Å². The van der Waals surface area contributed by atoms with Gasteiger partial charge in [0, 0.05) is 6.21 Å². The normalized spacial score (nSPS) is 22.0. The van der Waals surface area contributed by atoms with E-state index in [0.717, 1.165) is 18.6 Å². The Balaban J connectivity index is 2.64. The summed E-state index contributed by atoms with van der Waals surface area (Å²) in [6.07, 6.45) is 21.0. The van der Waals surface area contributed by atoms with Gasteiger partial charge < -0.3 is 5.32 Å². The van der Waals surface area contributed by atoms with E-state index in [0.29, 0.717) is 0 Å². The standard InChI is InChI=1S/C22H41N3OS3/c1-5-7-9-11-12-13-15-19(29-16-14-10-8-6-2)20(26)25-22(28-4)17-23-18-24-21(22)27-3/h17-19,21H,5-16H2,1-4H3,(H,25,26). The fourth-order valence-electron chi connectivity index (χ4n) is 3.38. The van der Waals surface area contributed by atoms with Crippen molar-refractivity contribution in [3.05, 3.63) is 0 Å². The summed E-state index contributed by atoms with van der Waals surface area (Å²) >= 11 is 5.12. The molecule has 0 saturated carbocycles. The predicted octanol–water partition coefficient (Wildman–Crippen LogP) is 6.40. The highest BCUT2D eigenvalue weighted by molar-refractivity contribution is 8.04. The number of nitrogens with zero attached hydrogens (tertiary/aromatic N) is 2. The quantitative estimate of drug-likeness (QED) is 0.202. The molecule has 168 valence electrons. The van der Waals surface area contributed by atoms with Gasteiger partial charge in [0.1, 0.15) is 11.7 Å². The van der Waals surface area contributed by atoms with Gasteiger partial charge in [0.2, 0.25) is 5.91 Å². The largest absolute Gasteiger partial charge is 0.333 e. The molecule has 1 amide bonds. The number of hydrogen-bond acceptors (Lipinski definition) is 6. The van der Waals surface area contributed by atoms with Gasteiger partial charge >= 0.3 is 0 Å². The molecule has 0 fully saturated rings. The summed E-state index contributed by atoms with van der Waals surface area (Å²) in [4.78, 5) is 21.4. The highest BCUT2D eigenvalue weighted by Crippen LogP contribution is 2.33. The molecule has 7 heteroatoms. The van der Waals surface area contributed by atoms with Gasteiger partial charge in [0.15, 0.2) is 4.87 Å². The topological polar surface area (TPSA) is 53.8 Å². The van der Waals surface area contributed by atoms with Crippen LogP contribution in [0.4, 0.5) is 0 Å². The second-order valence-electron chi connectivity index (χ2n) is 7.59. The Morgan fingerprint density at radius 1 is 1.03 bits per heavy atom. The molecule has 0 spiro atoms. The summed E-state index contributed by atoms with van der Waals surface area (Å²) in [5.74, 6) is 1.22. The average Bonchev–Trinajstić information content (AvgIpc) is 2.74. The minimum absolute atomic E-state index is 0.0219. The predicted molar refractivity (Wildman–Crippen MR) is 137 cm³/mol. The zero-order chi connectivity index (χ0) is 21.4. The Bertz CT molecular complexity index is 502. The molecule has 0 bridgehead atoms. The minimum atomic E-state index is -0.548. The minimum Gasteiger partial charge on any atom is -0.333 e. The van der Waals surface area contributed by atoms with Crippen molar-refractivity contribution in [3.63, 3.8) is 0 Å². The third kappa shape index (κ3) is 10.1. The maximum atomic E-state index is 13.3. The summed E-state index contributed by atoms with van der Waals surface area (Å²) in [6, 6.07) is 0. The lowest BCUT2D eigenvalue weighted by Gasteiger charge is -2.36. The van der Waals surface area contributed by atoms with E-state index in [-0.39, 0.29) is 16.5 Å². The summed E-state index contributed by atoms with van der Waals surface area (Å²) in [5.41, 5.74) is 0. The molecule has 0 aromatic carbocycles. The molecule has 3 unspecified atom stereocenters. The second-order valence-corrected chi connectivity index (χ2v) is 10.9. The fraction of sp³-hybridized carbons (Fsp3) is 0.864. The fourth-order valence-corrected chi connectivity index (χ4v) is 6.43. The van der Waals surface area contributed by atoms with E-state index in [2.05, 4.69) is 29.1 Å². The maximum absolute atomic E-state index is 13.3. The van der Waals surface area contributed by atoms with Crippen molar-refractivity contribution in [2.75, 3.05) is 18.3 Å². The van der Waals surface area contributed by atoms with Gasteiger partial charge in [-0.1, -0.05) is 71.6 Å². The van der Waals surface area contributed by atoms with E-state index in [1.54, 1.807) is 29.9 Å². The molecule has 1 aliphatic heterocycles. The number of carbonyl (C=O) groups is 1. The van der Waals surface area contributed by atoms with E-state index < -0.39 is 4.87 Å². The van der Waals surface area contributed by atoms with Crippen LogP contribution in [0.1, 0.15) is 84.5 Å². The summed E-state index contributed by atoms with van der Waals surface area (Å²) in [5, 5.41) is 3.30. The van der Waals surface area contributed by atoms with Crippen molar-refractivity contribution in [2.24, 2.45) is 9.98 Å². The number of hydrogen-bond donors (Lipinski definition) is 1. The molecule has 0 aliphatic carbocycles. The first-order chi connectivity index (χ1) is 14.1. The molecule has 4 nitrogen and oxygen atoms in total. The van der Waals surface area contributed by atoms with Gasteiger partial charge in [0.05, 0.1) is 5.25 Å². The lowest BCUT2D eigenvalue weighted by atomic mass is 10.1. The Morgan fingerprint density at radius 2 is 1.69 bits per heavy atom. The van der Waals surface area contributed by atoms with Crippen LogP contribution in [0.25, 0.3) is 0 Å². The highest BCUT2D eigenvalue weighted by atomic mass is 32.2. The first-order valence-corrected chi connectivity index (χ1v) is 14.8. The molecule has 1 heterocycles. The number of carbonyl (C=O) groups excluding carboxylic acids is 1. The van der Waals surface area contributed by atoms with Crippen LogP contribution in [-0.4, -0.2) is 52.2 Å². The molecule has 0 aromatic rings. The first kappa shape index (κ1) is 26.9. The maximum Gasteiger partial charge on any atom is 0.234 e. The second kappa shape index (κ2) is 16.5. The van der Waals surface area contributed by atoms with Crippen LogP contribution in [0.3, 0.4) is 0 Å². The molecule has 0 radical (unpaired) electrons. The lowest BCUT2D eigenvalue weighted by Crippen LogP contribution is -2.56.